The highest BCUT2D eigenvalue weighted by Crippen LogP contribution is 2.36. The molecule has 27 heavy (non-hydrogen) atoms. The third-order valence-electron chi connectivity index (χ3n) is 5.45. The van der Waals surface area contributed by atoms with Crippen molar-refractivity contribution >= 4 is 23.5 Å². The normalized spacial score (nSPS) is 25.0. The van der Waals surface area contributed by atoms with Crippen LogP contribution < -0.4 is 14.4 Å². The van der Waals surface area contributed by atoms with Crippen LogP contribution in [0.25, 0.3) is 0 Å². The van der Waals surface area contributed by atoms with Crippen molar-refractivity contribution in [1.82, 2.24) is 4.90 Å². The van der Waals surface area contributed by atoms with E-state index in [1.54, 1.807) is 34.9 Å². The number of carboxylic acids is 1. The van der Waals surface area contributed by atoms with Crippen LogP contribution >= 0.6 is 0 Å². The summed E-state index contributed by atoms with van der Waals surface area (Å²) in [6.07, 6.45) is 0.543. The maximum absolute atomic E-state index is 12.8. The van der Waals surface area contributed by atoms with Crippen LogP contribution in [0.3, 0.4) is 0 Å². The summed E-state index contributed by atoms with van der Waals surface area (Å²) >= 11 is 0. The molecule has 2 heterocycles. The van der Waals surface area contributed by atoms with Crippen molar-refractivity contribution < 1.29 is 29.0 Å². The molecule has 2 fully saturated rings. The summed E-state index contributed by atoms with van der Waals surface area (Å²) < 4.78 is 10.5. The first-order chi connectivity index (χ1) is 12.8. The van der Waals surface area contributed by atoms with Crippen LogP contribution in [0.4, 0.5) is 5.69 Å². The van der Waals surface area contributed by atoms with E-state index in [1.807, 2.05) is 0 Å². The fraction of sp³-hybridized carbons (Fsp3) is 0.526. The van der Waals surface area contributed by atoms with E-state index in [-0.39, 0.29) is 31.3 Å². The summed E-state index contributed by atoms with van der Waals surface area (Å²) in [6.45, 7) is 2.51. The van der Waals surface area contributed by atoms with Crippen LogP contribution in [-0.2, 0) is 14.4 Å². The van der Waals surface area contributed by atoms with Gasteiger partial charge in [-0.05, 0) is 25.5 Å². The van der Waals surface area contributed by atoms with E-state index in [9.17, 15) is 19.5 Å². The quantitative estimate of drug-likeness (QED) is 0.834. The zero-order valence-corrected chi connectivity index (χ0v) is 15.7. The Kier molecular flexibility index (Phi) is 4.99. The van der Waals surface area contributed by atoms with Crippen LogP contribution in [0.5, 0.6) is 11.5 Å². The molecule has 0 aromatic heterocycles. The molecule has 8 nitrogen and oxygen atoms in total. The van der Waals surface area contributed by atoms with Crippen molar-refractivity contribution in [3.63, 3.8) is 0 Å². The number of rotatable bonds is 5. The fourth-order valence-corrected chi connectivity index (χ4v) is 3.70. The fourth-order valence-electron chi connectivity index (χ4n) is 3.70. The van der Waals surface area contributed by atoms with E-state index in [0.29, 0.717) is 30.2 Å². The van der Waals surface area contributed by atoms with Gasteiger partial charge in [0.2, 0.25) is 11.8 Å². The monoisotopic (exact) mass is 376 g/mol. The standard InChI is InChI=1S/C19H24N2O6/c1-19(18(24)25)6-7-20(11-19)17(23)12-8-16(22)21(10-12)13-4-5-14(26-2)15(9-13)27-3/h4-5,9,12H,6-8,10-11H2,1-3H3,(H,24,25)/t12-,19+/m0/s1. The highest BCUT2D eigenvalue weighted by atomic mass is 16.5. The van der Waals surface area contributed by atoms with Crippen LogP contribution in [0.15, 0.2) is 18.2 Å². The topological polar surface area (TPSA) is 96.4 Å². The van der Waals surface area contributed by atoms with Gasteiger partial charge in [0.15, 0.2) is 11.5 Å². The van der Waals surface area contributed by atoms with Gasteiger partial charge in [-0.3, -0.25) is 14.4 Å². The van der Waals surface area contributed by atoms with Gasteiger partial charge in [-0.2, -0.15) is 0 Å². The Bertz CT molecular complexity index is 779. The number of hydrogen-bond acceptors (Lipinski definition) is 5. The number of aliphatic carboxylic acids is 1. The van der Waals surface area contributed by atoms with Gasteiger partial charge in [-0.25, -0.2) is 0 Å². The number of carbonyl (C=O) groups is 3. The van der Waals surface area contributed by atoms with E-state index >= 15 is 0 Å². The van der Waals surface area contributed by atoms with Gasteiger partial charge in [-0.1, -0.05) is 0 Å². The predicted molar refractivity (Wildman–Crippen MR) is 96.9 cm³/mol. The minimum absolute atomic E-state index is 0.119. The van der Waals surface area contributed by atoms with Crippen molar-refractivity contribution in [3.05, 3.63) is 18.2 Å². The molecule has 1 aromatic carbocycles. The molecule has 2 aliphatic rings. The molecule has 0 spiro atoms. The van der Waals surface area contributed by atoms with Gasteiger partial charge in [0, 0.05) is 37.8 Å². The second-order valence-corrected chi connectivity index (χ2v) is 7.32. The maximum atomic E-state index is 12.8. The van der Waals surface area contributed by atoms with Crippen LogP contribution in [0, 0.1) is 11.3 Å². The van der Waals surface area contributed by atoms with E-state index in [0.717, 1.165) is 0 Å². The SMILES string of the molecule is COc1ccc(N2C[C@@H](C(=O)N3CC[C@@](C)(C(=O)O)C3)CC2=O)cc1OC. The average Bonchev–Trinajstić information content (AvgIpc) is 3.24. The zero-order chi connectivity index (χ0) is 19.8. The lowest BCUT2D eigenvalue weighted by atomic mass is 9.90. The lowest BCUT2D eigenvalue weighted by Gasteiger charge is -2.23. The Morgan fingerprint density at radius 2 is 1.93 bits per heavy atom. The Balaban J connectivity index is 1.72. The van der Waals surface area contributed by atoms with Gasteiger partial charge in [0.1, 0.15) is 0 Å². The number of carboxylic acid groups (broad SMARTS) is 1. The van der Waals surface area contributed by atoms with E-state index < -0.39 is 17.3 Å². The number of likely N-dealkylation sites (tertiary alicyclic amines) is 1. The van der Waals surface area contributed by atoms with Gasteiger partial charge in [0.05, 0.1) is 25.6 Å². The molecule has 2 atom stereocenters. The predicted octanol–water partition coefficient (Wildman–Crippen LogP) is 1.38. The summed E-state index contributed by atoms with van der Waals surface area (Å²) in [6, 6.07) is 5.18. The van der Waals surface area contributed by atoms with Crippen molar-refractivity contribution in [2.45, 2.75) is 19.8 Å². The number of amides is 2. The van der Waals surface area contributed by atoms with Crippen LogP contribution in [0.1, 0.15) is 19.8 Å². The molecule has 2 aliphatic heterocycles. The lowest BCUT2D eigenvalue weighted by molar-refractivity contribution is -0.147. The highest BCUT2D eigenvalue weighted by molar-refractivity contribution is 6.00. The number of anilines is 1. The largest absolute Gasteiger partial charge is 0.493 e. The van der Waals surface area contributed by atoms with Crippen molar-refractivity contribution in [2.24, 2.45) is 11.3 Å². The molecule has 0 aliphatic carbocycles. The van der Waals surface area contributed by atoms with Crippen LogP contribution in [-0.4, -0.2) is 61.6 Å². The summed E-state index contributed by atoms with van der Waals surface area (Å²) in [5.41, 5.74) is -0.272. The van der Waals surface area contributed by atoms with Gasteiger partial charge in [-0.15, -0.1) is 0 Å². The molecule has 0 bridgehead atoms. The van der Waals surface area contributed by atoms with E-state index in [2.05, 4.69) is 0 Å². The molecular weight excluding hydrogens is 352 g/mol. The van der Waals surface area contributed by atoms with Gasteiger partial charge >= 0.3 is 5.97 Å². The minimum Gasteiger partial charge on any atom is -0.493 e. The molecule has 8 heteroatoms. The van der Waals surface area contributed by atoms with Crippen molar-refractivity contribution in [2.75, 3.05) is 38.8 Å². The molecule has 3 rings (SSSR count). The first kappa shape index (κ1) is 19.0. The van der Waals surface area contributed by atoms with Crippen molar-refractivity contribution in [1.29, 1.82) is 0 Å². The first-order valence-corrected chi connectivity index (χ1v) is 8.83. The van der Waals surface area contributed by atoms with E-state index in [4.69, 9.17) is 9.47 Å². The summed E-state index contributed by atoms with van der Waals surface area (Å²) in [5, 5.41) is 9.34. The number of nitrogens with zero attached hydrogens (tertiary/aromatic N) is 2. The molecule has 0 radical (unpaired) electrons. The summed E-state index contributed by atoms with van der Waals surface area (Å²) in [5.74, 6) is -0.592. The second-order valence-electron chi connectivity index (χ2n) is 7.32. The molecule has 1 N–H and O–H groups in total. The smallest absolute Gasteiger partial charge is 0.311 e. The summed E-state index contributed by atoms with van der Waals surface area (Å²) in [4.78, 5) is 39.8. The maximum Gasteiger partial charge on any atom is 0.311 e. The zero-order valence-electron chi connectivity index (χ0n) is 15.7. The number of hydrogen-bond donors (Lipinski definition) is 1. The molecule has 0 saturated carbocycles. The molecular formula is C19H24N2O6. The third-order valence-corrected chi connectivity index (χ3v) is 5.45. The molecule has 2 saturated heterocycles. The summed E-state index contributed by atoms with van der Waals surface area (Å²) in [7, 11) is 3.06. The Morgan fingerprint density at radius 3 is 2.52 bits per heavy atom. The lowest BCUT2D eigenvalue weighted by Crippen LogP contribution is -2.39. The molecule has 2 amide bonds. The Hall–Kier alpha value is -2.77. The number of ether oxygens (including phenoxy) is 2. The third kappa shape index (κ3) is 3.43. The van der Waals surface area contributed by atoms with Gasteiger partial charge in [0.25, 0.3) is 0 Å². The number of carbonyl (C=O) groups excluding carboxylic acids is 2. The number of benzene rings is 1. The van der Waals surface area contributed by atoms with Crippen molar-refractivity contribution in [3.8, 4) is 11.5 Å². The van der Waals surface area contributed by atoms with E-state index in [1.165, 1.54) is 14.2 Å². The average molecular weight is 376 g/mol. The molecule has 1 aromatic rings. The molecule has 0 unspecified atom stereocenters. The molecule has 146 valence electrons. The first-order valence-electron chi connectivity index (χ1n) is 8.83. The van der Waals surface area contributed by atoms with Crippen LogP contribution in [0.2, 0.25) is 0 Å². The second kappa shape index (κ2) is 7.09. The Labute approximate surface area is 157 Å². The van der Waals surface area contributed by atoms with Gasteiger partial charge < -0.3 is 24.4 Å². The highest BCUT2D eigenvalue weighted by Gasteiger charge is 2.45. The Morgan fingerprint density at radius 1 is 1.22 bits per heavy atom. The number of methoxy groups -OCH3 is 2. The minimum atomic E-state index is -0.915.